The van der Waals surface area contributed by atoms with Crippen LogP contribution >= 0.6 is 0 Å². The molecule has 0 amide bonds. The molecule has 0 bridgehead atoms. The van der Waals surface area contributed by atoms with Gasteiger partial charge in [0.25, 0.3) is 0 Å². The fraction of sp³-hybridized carbons (Fsp3) is 0.300. The van der Waals surface area contributed by atoms with Crippen molar-refractivity contribution in [2.75, 3.05) is 0 Å². The summed E-state index contributed by atoms with van der Waals surface area (Å²) < 4.78 is 0. The molecule has 0 spiro atoms. The zero-order valence-corrected chi connectivity index (χ0v) is 13.1. The van der Waals surface area contributed by atoms with E-state index in [1.807, 2.05) is 82.3 Å². The Balaban J connectivity index is 2.46. The fourth-order valence-electron chi connectivity index (χ4n) is 2.17. The highest BCUT2D eigenvalue weighted by molar-refractivity contribution is 5.42. The van der Waals surface area contributed by atoms with Gasteiger partial charge >= 0.3 is 0 Å². The Kier molecular flexibility index (Phi) is 4.21. The van der Waals surface area contributed by atoms with Crippen LogP contribution in [-0.4, -0.2) is 5.11 Å². The van der Waals surface area contributed by atoms with E-state index in [1.165, 1.54) is 5.56 Å². The van der Waals surface area contributed by atoms with Gasteiger partial charge in [-0.2, -0.15) is 0 Å². The zero-order chi connectivity index (χ0) is 15.5. The van der Waals surface area contributed by atoms with Crippen molar-refractivity contribution >= 4 is 0 Å². The number of hydrogen-bond acceptors (Lipinski definition) is 1. The second-order valence-corrected chi connectivity index (χ2v) is 6.44. The lowest BCUT2D eigenvalue weighted by Crippen LogP contribution is -2.38. The van der Waals surface area contributed by atoms with Crippen molar-refractivity contribution in [1.29, 1.82) is 0 Å². The van der Waals surface area contributed by atoms with E-state index in [0.717, 1.165) is 11.1 Å². The van der Waals surface area contributed by atoms with Crippen molar-refractivity contribution in [1.82, 2.24) is 0 Å². The van der Waals surface area contributed by atoms with Gasteiger partial charge < -0.3 is 5.11 Å². The predicted octanol–water partition coefficient (Wildman–Crippen LogP) is 4.28. The summed E-state index contributed by atoms with van der Waals surface area (Å²) in [6.45, 7) is 8.06. The summed E-state index contributed by atoms with van der Waals surface area (Å²) in [4.78, 5) is 0. The molecule has 1 N–H and O–H groups in total. The lowest BCUT2D eigenvalue weighted by atomic mass is 9.72. The SMILES string of the molecule is Cc1ccc(C#CC(O)(c2ccccc2)C(C)(C)C)cc1. The van der Waals surface area contributed by atoms with Crippen LogP contribution in [0.15, 0.2) is 54.6 Å². The summed E-state index contributed by atoms with van der Waals surface area (Å²) in [5, 5.41) is 11.2. The summed E-state index contributed by atoms with van der Waals surface area (Å²) in [6, 6.07) is 17.7. The monoisotopic (exact) mass is 278 g/mol. The maximum atomic E-state index is 11.2. The molecular formula is C20H22O. The van der Waals surface area contributed by atoms with Gasteiger partial charge in [-0.15, -0.1) is 0 Å². The Bertz CT molecular complexity index is 651. The number of rotatable bonds is 1. The molecule has 0 saturated carbocycles. The van der Waals surface area contributed by atoms with E-state index in [0.29, 0.717) is 0 Å². The van der Waals surface area contributed by atoms with Gasteiger partial charge in [0.05, 0.1) is 0 Å². The predicted molar refractivity (Wildman–Crippen MR) is 87.9 cm³/mol. The third-order valence-electron chi connectivity index (χ3n) is 3.72. The van der Waals surface area contributed by atoms with Gasteiger partial charge in [-0.25, -0.2) is 0 Å². The maximum Gasteiger partial charge on any atom is 0.156 e. The quantitative estimate of drug-likeness (QED) is 0.772. The second kappa shape index (κ2) is 5.76. The molecule has 21 heavy (non-hydrogen) atoms. The van der Waals surface area contributed by atoms with Crippen molar-refractivity contribution in [3.8, 4) is 11.8 Å². The summed E-state index contributed by atoms with van der Waals surface area (Å²) in [5.41, 5.74) is 1.39. The molecule has 2 aromatic carbocycles. The Morgan fingerprint density at radius 1 is 0.857 bits per heavy atom. The van der Waals surface area contributed by atoms with Crippen molar-refractivity contribution in [3.05, 3.63) is 71.3 Å². The van der Waals surface area contributed by atoms with E-state index in [9.17, 15) is 5.11 Å². The molecule has 0 radical (unpaired) electrons. The van der Waals surface area contributed by atoms with Crippen LogP contribution in [0.5, 0.6) is 0 Å². The van der Waals surface area contributed by atoms with Crippen molar-refractivity contribution < 1.29 is 5.11 Å². The third-order valence-corrected chi connectivity index (χ3v) is 3.72. The minimum atomic E-state index is -1.18. The Labute approximate surface area is 127 Å². The highest BCUT2D eigenvalue weighted by atomic mass is 16.3. The average Bonchev–Trinajstić information content (AvgIpc) is 2.46. The van der Waals surface area contributed by atoms with E-state index in [-0.39, 0.29) is 5.41 Å². The molecule has 108 valence electrons. The molecule has 0 aromatic heterocycles. The van der Waals surface area contributed by atoms with Crippen molar-refractivity contribution in [2.45, 2.75) is 33.3 Å². The van der Waals surface area contributed by atoms with Crippen LogP contribution in [0.1, 0.15) is 37.5 Å². The summed E-state index contributed by atoms with van der Waals surface area (Å²) in [5.74, 6) is 6.21. The molecule has 0 aliphatic rings. The number of hydrogen-bond donors (Lipinski definition) is 1. The first-order valence-electron chi connectivity index (χ1n) is 7.21. The van der Waals surface area contributed by atoms with Crippen molar-refractivity contribution in [2.24, 2.45) is 5.41 Å². The van der Waals surface area contributed by atoms with Gasteiger partial charge in [-0.3, -0.25) is 0 Å². The maximum absolute atomic E-state index is 11.2. The van der Waals surface area contributed by atoms with E-state index in [4.69, 9.17) is 0 Å². The van der Waals surface area contributed by atoms with Gasteiger partial charge in [-0.1, -0.05) is 80.6 Å². The molecule has 2 aromatic rings. The first-order chi connectivity index (χ1) is 9.83. The van der Waals surface area contributed by atoms with Gasteiger partial charge in [0, 0.05) is 11.0 Å². The molecule has 0 saturated heterocycles. The fourth-order valence-corrected chi connectivity index (χ4v) is 2.17. The minimum absolute atomic E-state index is 0.383. The van der Waals surface area contributed by atoms with Crippen LogP contribution in [0.3, 0.4) is 0 Å². The normalized spacial score (nSPS) is 14.0. The molecule has 0 aliphatic carbocycles. The van der Waals surface area contributed by atoms with Crippen molar-refractivity contribution in [3.63, 3.8) is 0 Å². The van der Waals surface area contributed by atoms with Gasteiger partial charge in [0.1, 0.15) is 0 Å². The van der Waals surface area contributed by atoms with E-state index in [1.54, 1.807) is 0 Å². The molecule has 1 unspecified atom stereocenters. The van der Waals surface area contributed by atoms with Crippen LogP contribution in [0.4, 0.5) is 0 Å². The zero-order valence-electron chi connectivity index (χ0n) is 13.1. The highest BCUT2D eigenvalue weighted by Crippen LogP contribution is 2.38. The van der Waals surface area contributed by atoms with Gasteiger partial charge in [0.2, 0.25) is 0 Å². The average molecular weight is 278 g/mol. The van der Waals surface area contributed by atoms with E-state index in [2.05, 4.69) is 11.8 Å². The summed E-state index contributed by atoms with van der Waals surface area (Å²) in [7, 11) is 0. The Morgan fingerprint density at radius 2 is 1.43 bits per heavy atom. The molecule has 1 nitrogen and oxygen atoms in total. The largest absolute Gasteiger partial charge is 0.373 e. The molecular weight excluding hydrogens is 256 g/mol. The Hall–Kier alpha value is -2.04. The van der Waals surface area contributed by atoms with E-state index >= 15 is 0 Å². The van der Waals surface area contributed by atoms with Crippen LogP contribution < -0.4 is 0 Å². The summed E-state index contributed by atoms with van der Waals surface area (Å²) in [6.07, 6.45) is 0. The first-order valence-corrected chi connectivity index (χ1v) is 7.21. The Morgan fingerprint density at radius 3 is 1.95 bits per heavy atom. The number of benzene rings is 2. The molecule has 0 aliphatic heterocycles. The van der Waals surface area contributed by atoms with Gasteiger partial charge in [-0.05, 0) is 24.6 Å². The third kappa shape index (κ3) is 3.35. The van der Waals surface area contributed by atoms with Gasteiger partial charge in [0.15, 0.2) is 5.60 Å². The molecule has 0 fully saturated rings. The van der Waals surface area contributed by atoms with E-state index < -0.39 is 5.60 Å². The van der Waals surface area contributed by atoms with Crippen LogP contribution in [0, 0.1) is 24.2 Å². The smallest absolute Gasteiger partial charge is 0.156 e. The molecule has 1 atom stereocenters. The molecule has 1 heteroatoms. The minimum Gasteiger partial charge on any atom is -0.373 e. The lowest BCUT2D eigenvalue weighted by molar-refractivity contribution is -0.00900. The standard InChI is InChI=1S/C20H22O/c1-16-10-12-17(13-11-16)14-15-20(21,19(2,3)4)18-8-6-5-7-9-18/h5-13,21H,1-4H3. The van der Waals surface area contributed by atoms with Crippen LogP contribution in [0.25, 0.3) is 0 Å². The topological polar surface area (TPSA) is 20.2 Å². The number of aryl methyl sites for hydroxylation is 1. The highest BCUT2D eigenvalue weighted by Gasteiger charge is 2.40. The summed E-state index contributed by atoms with van der Waals surface area (Å²) >= 11 is 0. The van der Waals surface area contributed by atoms with Crippen LogP contribution in [0.2, 0.25) is 0 Å². The number of aliphatic hydroxyl groups is 1. The van der Waals surface area contributed by atoms with Crippen LogP contribution in [-0.2, 0) is 5.60 Å². The lowest BCUT2D eigenvalue weighted by Gasteiger charge is -2.36. The first kappa shape index (κ1) is 15.4. The molecule has 0 heterocycles. The second-order valence-electron chi connectivity index (χ2n) is 6.44. The molecule has 2 rings (SSSR count).